The minimum Gasteiger partial charge on any atom is -0.350 e. The molecule has 0 bridgehead atoms. The highest BCUT2D eigenvalue weighted by atomic mass is 16.2. The zero-order valence-electron chi connectivity index (χ0n) is 15.2. The molecular formula is C21H23N3O3. The lowest BCUT2D eigenvalue weighted by molar-refractivity contribution is -0.133. The van der Waals surface area contributed by atoms with Gasteiger partial charge in [0.2, 0.25) is 17.7 Å². The van der Waals surface area contributed by atoms with Gasteiger partial charge in [0.1, 0.15) is 12.1 Å². The van der Waals surface area contributed by atoms with Crippen LogP contribution in [-0.4, -0.2) is 41.2 Å². The van der Waals surface area contributed by atoms with Crippen LogP contribution < -0.4 is 10.6 Å². The lowest BCUT2D eigenvalue weighted by Crippen LogP contribution is -2.45. The molecule has 0 aliphatic carbocycles. The largest absolute Gasteiger partial charge is 0.350 e. The number of rotatable bonds is 7. The molecule has 3 amide bonds. The van der Waals surface area contributed by atoms with Gasteiger partial charge in [0.15, 0.2) is 0 Å². The summed E-state index contributed by atoms with van der Waals surface area (Å²) in [4.78, 5) is 38.1. The number of nitrogens with zero attached hydrogens (tertiary/aromatic N) is 1. The molecule has 0 saturated carbocycles. The Balaban J connectivity index is 1.56. The van der Waals surface area contributed by atoms with Crippen molar-refractivity contribution in [1.82, 2.24) is 15.5 Å². The van der Waals surface area contributed by atoms with Crippen LogP contribution in [0.1, 0.15) is 18.1 Å². The van der Waals surface area contributed by atoms with E-state index in [-0.39, 0.29) is 17.7 Å². The van der Waals surface area contributed by atoms with E-state index < -0.39 is 12.1 Å². The summed E-state index contributed by atoms with van der Waals surface area (Å²) in [6, 6.07) is 18.0. The SMILES string of the molecule is CC(=O)N[C@@H](Cc1ccccc1)C(=O)N1C[C@H]1C(=O)NCc1ccccc1. The van der Waals surface area contributed by atoms with E-state index in [9.17, 15) is 14.4 Å². The van der Waals surface area contributed by atoms with Crippen molar-refractivity contribution in [3.63, 3.8) is 0 Å². The first-order chi connectivity index (χ1) is 13.0. The number of carbonyl (C=O) groups is 3. The van der Waals surface area contributed by atoms with Crippen molar-refractivity contribution in [2.75, 3.05) is 6.54 Å². The molecular weight excluding hydrogens is 342 g/mol. The average Bonchev–Trinajstić information content (AvgIpc) is 3.47. The van der Waals surface area contributed by atoms with Crippen molar-refractivity contribution < 1.29 is 14.4 Å². The first-order valence-corrected chi connectivity index (χ1v) is 8.97. The molecule has 6 nitrogen and oxygen atoms in total. The van der Waals surface area contributed by atoms with Gasteiger partial charge in [-0.2, -0.15) is 0 Å². The number of carbonyl (C=O) groups excluding carboxylic acids is 3. The first kappa shape index (κ1) is 18.6. The van der Waals surface area contributed by atoms with Crippen molar-refractivity contribution >= 4 is 17.7 Å². The van der Waals surface area contributed by atoms with Crippen LogP contribution in [0.2, 0.25) is 0 Å². The Morgan fingerprint density at radius 2 is 1.59 bits per heavy atom. The molecule has 0 radical (unpaired) electrons. The molecule has 2 N–H and O–H groups in total. The molecule has 0 spiro atoms. The highest BCUT2D eigenvalue weighted by molar-refractivity contribution is 5.96. The van der Waals surface area contributed by atoms with Crippen molar-refractivity contribution in [1.29, 1.82) is 0 Å². The Morgan fingerprint density at radius 3 is 2.19 bits per heavy atom. The van der Waals surface area contributed by atoms with E-state index in [0.717, 1.165) is 11.1 Å². The Bertz CT molecular complexity index is 808. The van der Waals surface area contributed by atoms with Gasteiger partial charge >= 0.3 is 0 Å². The maximum Gasteiger partial charge on any atom is 0.246 e. The minimum absolute atomic E-state index is 0.173. The summed E-state index contributed by atoms with van der Waals surface area (Å²) in [6.07, 6.45) is 0.397. The number of hydrogen-bond acceptors (Lipinski definition) is 3. The Morgan fingerprint density at radius 1 is 1.00 bits per heavy atom. The van der Waals surface area contributed by atoms with Gasteiger partial charge in [-0.15, -0.1) is 0 Å². The van der Waals surface area contributed by atoms with E-state index in [2.05, 4.69) is 10.6 Å². The molecule has 1 aliphatic heterocycles. The molecule has 3 rings (SSSR count). The quantitative estimate of drug-likeness (QED) is 0.725. The van der Waals surface area contributed by atoms with Crippen LogP contribution in [0.3, 0.4) is 0 Å². The van der Waals surface area contributed by atoms with Gasteiger partial charge < -0.3 is 15.5 Å². The second kappa shape index (κ2) is 8.49. The van der Waals surface area contributed by atoms with E-state index in [1.165, 1.54) is 11.8 Å². The molecule has 140 valence electrons. The summed E-state index contributed by atoms with van der Waals surface area (Å²) >= 11 is 0. The number of benzene rings is 2. The van der Waals surface area contributed by atoms with Crippen LogP contribution >= 0.6 is 0 Å². The maximum absolute atomic E-state index is 12.8. The Kier molecular flexibility index (Phi) is 5.86. The zero-order valence-corrected chi connectivity index (χ0v) is 15.2. The predicted octanol–water partition coefficient (Wildman–Crippen LogP) is 1.26. The van der Waals surface area contributed by atoms with E-state index in [1.807, 2.05) is 60.7 Å². The maximum atomic E-state index is 12.8. The summed E-state index contributed by atoms with van der Waals surface area (Å²) in [5, 5.41) is 5.56. The molecule has 1 fully saturated rings. The third-order valence-corrected chi connectivity index (χ3v) is 4.47. The summed E-state index contributed by atoms with van der Waals surface area (Å²) < 4.78 is 0. The summed E-state index contributed by atoms with van der Waals surface area (Å²) in [5.74, 6) is -0.668. The molecule has 1 saturated heterocycles. The molecule has 0 aromatic heterocycles. The number of amides is 3. The van der Waals surface area contributed by atoms with Gasteiger partial charge in [0.25, 0.3) is 0 Å². The van der Waals surface area contributed by atoms with Gasteiger partial charge in [-0.3, -0.25) is 14.4 Å². The normalized spacial score (nSPS) is 16.3. The molecule has 1 aliphatic rings. The van der Waals surface area contributed by atoms with Crippen LogP contribution in [0, 0.1) is 0 Å². The Labute approximate surface area is 158 Å². The van der Waals surface area contributed by atoms with Crippen molar-refractivity contribution in [3.05, 3.63) is 71.8 Å². The van der Waals surface area contributed by atoms with Gasteiger partial charge in [-0.1, -0.05) is 60.7 Å². The number of nitrogens with one attached hydrogen (secondary N) is 2. The lowest BCUT2D eigenvalue weighted by Gasteiger charge is -2.18. The molecule has 27 heavy (non-hydrogen) atoms. The standard InChI is InChI=1S/C21H23N3O3/c1-15(25)23-18(12-16-8-4-2-5-9-16)21(27)24-14-19(24)20(26)22-13-17-10-6-3-7-11-17/h2-11,18-19H,12-14H2,1H3,(H,22,26)(H,23,25)/t18-,19-,24?/m0/s1. The monoisotopic (exact) mass is 365 g/mol. The van der Waals surface area contributed by atoms with Gasteiger partial charge in [0.05, 0.1) is 6.54 Å². The topological polar surface area (TPSA) is 78.3 Å². The molecule has 1 heterocycles. The second-order valence-electron chi connectivity index (χ2n) is 6.65. The second-order valence-corrected chi connectivity index (χ2v) is 6.65. The van der Waals surface area contributed by atoms with Crippen molar-refractivity contribution in [2.45, 2.75) is 32.0 Å². The van der Waals surface area contributed by atoms with E-state index >= 15 is 0 Å². The van der Waals surface area contributed by atoms with E-state index in [4.69, 9.17) is 0 Å². The molecule has 2 atom stereocenters. The van der Waals surface area contributed by atoms with Crippen molar-refractivity contribution in [3.8, 4) is 0 Å². The number of hydrogen-bond donors (Lipinski definition) is 2. The third kappa shape index (κ3) is 5.17. The van der Waals surface area contributed by atoms with Crippen molar-refractivity contribution in [2.24, 2.45) is 0 Å². The van der Waals surface area contributed by atoms with Crippen LogP contribution in [0.5, 0.6) is 0 Å². The zero-order chi connectivity index (χ0) is 19.2. The summed E-state index contributed by atoms with van der Waals surface area (Å²) in [6.45, 7) is 2.19. The molecule has 6 heteroatoms. The highest BCUT2D eigenvalue weighted by Crippen LogP contribution is 2.20. The molecule has 0 unspecified atom stereocenters. The average molecular weight is 365 g/mol. The third-order valence-electron chi connectivity index (χ3n) is 4.47. The van der Waals surface area contributed by atoms with Gasteiger partial charge in [-0.05, 0) is 11.1 Å². The van der Waals surface area contributed by atoms with Crippen LogP contribution in [0.4, 0.5) is 0 Å². The van der Waals surface area contributed by atoms with Crippen LogP contribution in [-0.2, 0) is 27.3 Å². The fraction of sp³-hybridized carbons (Fsp3) is 0.286. The predicted molar refractivity (Wildman–Crippen MR) is 102 cm³/mol. The fourth-order valence-electron chi connectivity index (χ4n) is 3.01. The first-order valence-electron chi connectivity index (χ1n) is 8.97. The molecule has 2 aromatic rings. The highest BCUT2D eigenvalue weighted by Gasteiger charge is 2.46. The van der Waals surface area contributed by atoms with Gasteiger partial charge in [-0.25, -0.2) is 0 Å². The summed E-state index contributed by atoms with van der Waals surface area (Å²) in [5.41, 5.74) is 1.96. The van der Waals surface area contributed by atoms with Crippen LogP contribution in [0.15, 0.2) is 60.7 Å². The van der Waals surface area contributed by atoms with E-state index in [1.54, 1.807) is 0 Å². The van der Waals surface area contributed by atoms with Gasteiger partial charge in [0, 0.05) is 19.9 Å². The summed E-state index contributed by atoms with van der Waals surface area (Å²) in [7, 11) is 0. The Hall–Kier alpha value is -3.15. The lowest BCUT2D eigenvalue weighted by atomic mass is 10.1. The smallest absolute Gasteiger partial charge is 0.246 e. The minimum atomic E-state index is -0.670. The molecule has 2 aromatic carbocycles. The fourth-order valence-corrected chi connectivity index (χ4v) is 3.01. The van der Waals surface area contributed by atoms with E-state index in [0.29, 0.717) is 19.5 Å². The van der Waals surface area contributed by atoms with Crippen LogP contribution in [0.25, 0.3) is 0 Å².